The fourth-order valence-corrected chi connectivity index (χ4v) is 3.28. The van der Waals surface area contributed by atoms with Crippen LogP contribution in [0.1, 0.15) is 0 Å². The molecular weight excluding hydrogens is 256 g/mol. The maximum Gasteiger partial charge on any atom is 0.134 e. The Morgan fingerprint density at radius 1 is 0.524 bits per heavy atom. The first-order valence-corrected chi connectivity index (χ1v) is 7.12. The molecule has 0 unspecified atom stereocenters. The van der Waals surface area contributed by atoms with E-state index in [1.54, 1.807) is 6.26 Å². The van der Waals surface area contributed by atoms with Crippen molar-refractivity contribution in [3.8, 4) is 0 Å². The maximum absolute atomic E-state index is 5.51. The van der Waals surface area contributed by atoms with E-state index in [-0.39, 0.29) is 0 Å². The number of furan rings is 1. The van der Waals surface area contributed by atoms with E-state index in [1.165, 1.54) is 37.7 Å². The lowest BCUT2D eigenvalue weighted by molar-refractivity contribution is 0.616. The van der Waals surface area contributed by atoms with Gasteiger partial charge in [-0.05, 0) is 56.6 Å². The highest BCUT2D eigenvalue weighted by molar-refractivity contribution is 6.18. The van der Waals surface area contributed by atoms with Crippen LogP contribution in [0.4, 0.5) is 0 Å². The molecule has 0 aliphatic rings. The Balaban J connectivity index is 2.04. The van der Waals surface area contributed by atoms with Gasteiger partial charge in [0.15, 0.2) is 0 Å². The summed E-state index contributed by atoms with van der Waals surface area (Å²) in [5.74, 6) is 0. The van der Waals surface area contributed by atoms with Gasteiger partial charge in [-0.3, -0.25) is 0 Å². The van der Waals surface area contributed by atoms with Crippen LogP contribution in [-0.2, 0) is 0 Å². The van der Waals surface area contributed by atoms with Crippen LogP contribution < -0.4 is 0 Å². The molecule has 0 N–H and O–H groups in total. The Labute approximate surface area is 121 Å². The summed E-state index contributed by atoms with van der Waals surface area (Å²) >= 11 is 0. The molecule has 0 saturated carbocycles. The minimum atomic E-state index is 0.947. The lowest BCUT2D eigenvalue weighted by atomic mass is 9.97. The lowest BCUT2D eigenvalue weighted by Crippen LogP contribution is -1.80. The van der Waals surface area contributed by atoms with Gasteiger partial charge in [0.25, 0.3) is 0 Å². The Morgan fingerprint density at radius 2 is 1.29 bits per heavy atom. The topological polar surface area (TPSA) is 13.1 Å². The standard InChI is InChI=1S/C20H12O/c1-2-4-14-12-19-15(11-13(14)3-1)5-6-16-17(19)7-8-20-18(16)9-10-21-20/h1-12H. The molecule has 0 saturated heterocycles. The number of benzene rings is 4. The fraction of sp³-hybridized carbons (Fsp3) is 0. The first-order valence-electron chi connectivity index (χ1n) is 7.12. The van der Waals surface area contributed by atoms with Gasteiger partial charge in [-0.15, -0.1) is 0 Å². The normalized spacial score (nSPS) is 11.8. The summed E-state index contributed by atoms with van der Waals surface area (Å²) in [6.07, 6.45) is 1.76. The largest absolute Gasteiger partial charge is 0.464 e. The molecule has 1 aromatic heterocycles. The second-order valence-corrected chi connectivity index (χ2v) is 5.48. The van der Waals surface area contributed by atoms with Crippen molar-refractivity contribution < 1.29 is 4.42 Å². The van der Waals surface area contributed by atoms with Gasteiger partial charge < -0.3 is 4.42 Å². The summed E-state index contributed by atoms with van der Waals surface area (Å²) in [5.41, 5.74) is 0.947. The molecular formula is C20H12O. The Bertz CT molecular complexity index is 1130. The molecule has 0 fully saturated rings. The zero-order chi connectivity index (χ0) is 13.8. The minimum absolute atomic E-state index is 0.947. The van der Waals surface area contributed by atoms with Crippen LogP contribution in [0.15, 0.2) is 77.4 Å². The molecule has 0 radical (unpaired) electrons. The van der Waals surface area contributed by atoms with Crippen LogP contribution in [0, 0.1) is 0 Å². The van der Waals surface area contributed by atoms with Gasteiger partial charge >= 0.3 is 0 Å². The first-order chi connectivity index (χ1) is 10.4. The predicted molar refractivity (Wildman–Crippen MR) is 88.7 cm³/mol. The Kier molecular flexibility index (Phi) is 2.01. The zero-order valence-corrected chi connectivity index (χ0v) is 11.3. The Hall–Kier alpha value is -2.80. The summed E-state index contributed by atoms with van der Waals surface area (Å²) in [6.45, 7) is 0. The van der Waals surface area contributed by atoms with Gasteiger partial charge in [0.2, 0.25) is 0 Å². The van der Waals surface area contributed by atoms with Gasteiger partial charge in [0.05, 0.1) is 6.26 Å². The van der Waals surface area contributed by atoms with Gasteiger partial charge in [-0.2, -0.15) is 0 Å². The van der Waals surface area contributed by atoms with E-state index < -0.39 is 0 Å². The highest BCUT2D eigenvalue weighted by Gasteiger charge is 2.07. The molecule has 0 amide bonds. The molecule has 0 bridgehead atoms. The quantitative estimate of drug-likeness (QED) is 0.252. The summed E-state index contributed by atoms with van der Waals surface area (Å²) in [4.78, 5) is 0. The van der Waals surface area contributed by atoms with Gasteiger partial charge in [0.1, 0.15) is 5.58 Å². The van der Waals surface area contributed by atoms with E-state index >= 15 is 0 Å². The van der Waals surface area contributed by atoms with Crippen molar-refractivity contribution in [1.82, 2.24) is 0 Å². The van der Waals surface area contributed by atoms with Crippen molar-refractivity contribution in [3.05, 3.63) is 73.0 Å². The third-order valence-electron chi connectivity index (χ3n) is 4.31. The second kappa shape index (κ2) is 3.86. The highest BCUT2D eigenvalue weighted by Crippen LogP contribution is 2.33. The SMILES string of the molecule is c1ccc2cc3c(ccc4c5ccoc5ccc34)cc2c1. The fourth-order valence-electron chi connectivity index (χ4n) is 3.28. The smallest absolute Gasteiger partial charge is 0.134 e. The van der Waals surface area contributed by atoms with Crippen LogP contribution in [0.5, 0.6) is 0 Å². The van der Waals surface area contributed by atoms with Crippen LogP contribution in [-0.4, -0.2) is 0 Å². The summed E-state index contributed by atoms with van der Waals surface area (Å²) in [7, 11) is 0. The molecule has 21 heavy (non-hydrogen) atoms. The van der Waals surface area contributed by atoms with Gasteiger partial charge in [0, 0.05) is 5.39 Å². The Morgan fingerprint density at radius 3 is 2.19 bits per heavy atom. The second-order valence-electron chi connectivity index (χ2n) is 5.48. The van der Waals surface area contributed by atoms with E-state index in [1.807, 2.05) is 6.07 Å². The number of fused-ring (bicyclic) bond motifs is 6. The van der Waals surface area contributed by atoms with Crippen LogP contribution in [0.2, 0.25) is 0 Å². The number of hydrogen-bond acceptors (Lipinski definition) is 1. The minimum Gasteiger partial charge on any atom is -0.464 e. The van der Waals surface area contributed by atoms with Gasteiger partial charge in [-0.25, -0.2) is 0 Å². The van der Waals surface area contributed by atoms with Crippen molar-refractivity contribution in [2.45, 2.75) is 0 Å². The zero-order valence-electron chi connectivity index (χ0n) is 11.3. The van der Waals surface area contributed by atoms with Gasteiger partial charge in [-0.1, -0.05) is 42.5 Å². The molecule has 98 valence electrons. The number of rotatable bonds is 0. The van der Waals surface area contributed by atoms with E-state index in [0.29, 0.717) is 0 Å². The van der Waals surface area contributed by atoms with Crippen molar-refractivity contribution in [3.63, 3.8) is 0 Å². The lowest BCUT2D eigenvalue weighted by Gasteiger charge is -2.07. The molecule has 0 spiro atoms. The monoisotopic (exact) mass is 268 g/mol. The molecule has 0 atom stereocenters. The molecule has 4 aromatic carbocycles. The highest BCUT2D eigenvalue weighted by atomic mass is 16.3. The molecule has 5 rings (SSSR count). The van der Waals surface area contributed by atoms with Crippen LogP contribution in [0.3, 0.4) is 0 Å². The van der Waals surface area contributed by atoms with Crippen LogP contribution >= 0.6 is 0 Å². The summed E-state index contributed by atoms with van der Waals surface area (Å²) < 4.78 is 5.51. The van der Waals surface area contributed by atoms with Crippen molar-refractivity contribution in [2.75, 3.05) is 0 Å². The molecule has 0 aliphatic heterocycles. The van der Waals surface area contributed by atoms with Crippen LogP contribution in [0.25, 0.3) is 43.3 Å². The maximum atomic E-state index is 5.51. The summed E-state index contributed by atoms with van der Waals surface area (Å²) in [5, 5.41) is 8.87. The molecule has 5 aromatic rings. The average Bonchev–Trinajstić information content (AvgIpc) is 3.01. The predicted octanol–water partition coefficient (Wildman–Crippen LogP) is 5.89. The van der Waals surface area contributed by atoms with E-state index in [9.17, 15) is 0 Å². The van der Waals surface area contributed by atoms with Crippen molar-refractivity contribution in [2.24, 2.45) is 0 Å². The van der Waals surface area contributed by atoms with E-state index in [4.69, 9.17) is 4.42 Å². The summed E-state index contributed by atoms with van der Waals surface area (Å²) in [6, 6.07) is 23.7. The first kappa shape index (κ1) is 10.9. The molecule has 1 heterocycles. The molecule has 1 nitrogen and oxygen atoms in total. The van der Waals surface area contributed by atoms with E-state index in [2.05, 4.69) is 60.7 Å². The van der Waals surface area contributed by atoms with Crippen molar-refractivity contribution in [1.29, 1.82) is 0 Å². The van der Waals surface area contributed by atoms with Crippen molar-refractivity contribution >= 4 is 43.3 Å². The average molecular weight is 268 g/mol. The molecule has 0 aliphatic carbocycles. The molecule has 1 heteroatoms. The number of hydrogen-bond donors (Lipinski definition) is 0. The van der Waals surface area contributed by atoms with E-state index in [0.717, 1.165) is 5.58 Å². The third kappa shape index (κ3) is 1.46. The third-order valence-corrected chi connectivity index (χ3v) is 4.31.